The Morgan fingerprint density at radius 3 is 2.33 bits per heavy atom. The van der Waals surface area contributed by atoms with Crippen LogP contribution in [0, 0.1) is 0 Å². The van der Waals surface area contributed by atoms with Crippen LogP contribution >= 0.6 is 0 Å². The van der Waals surface area contributed by atoms with E-state index in [-0.39, 0.29) is 24.2 Å². The van der Waals surface area contributed by atoms with Gasteiger partial charge in [0.15, 0.2) is 17.8 Å². The molecule has 1 aromatic carbocycles. The monoisotopic (exact) mass is 342 g/mol. The molecule has 0 heterocycles. The predicted octanol–water partition coefficient (Wildman–Crippen LogP) is -1.19. The fraction of sp³-hybridized carbons (Fsp3) is 0.438. The quantitative estimate of drug-likeness (QED) is 0.307. The van der Waals surface area contributed by atoms with Crippen molar-refractivity contribution in [2.75, 3.05) is 7.11 Å². The summed E-state index contributed by atoms with van der Waals surface area (Å²) in [6.07, 6.45) is -5.77. The van der Waals surface area contributed by atoms with Gasteiger partial charge in [0.2, 0.25) is 0 Å². The van der Waals surface area contributed by atoms with Crippen molar-refractivity contribution in [3.8, 4) is 11.5 Å². The number of hydrogen-bond acceptors (Lipinski definition) is 8. The number of phenols is 1. The van der Waals surface area contributed by atoms with Crippen LogP contribution in [-0.2, 0) is 4.79 Å². The molecule has 134 valence electrons. The fourth-order valence-corrected chi connectivity index (χ4v) is 1.99. The van der Waals surface area contributed by atoms with Gasteiger partial charge in [-0.25, -0.2) is 0 Å². The van der Waals surface area contributed by atoms with Crippen LogP contribution in [-0.4, -0.2) is 74.6 Å². The van der Waals surface area contributed by atoms with Crippen molar-refractivity contribution in [2.45, 2.75) is 36.9 Å². The first-order valence-corrected chi connectivity index (χ1v) is 7.21. The Morgan fingerprint density at radius 1 is 1.08 bits per heavy atom. The topological polar surface area (TPSA) is 148 Å². The highest BCUT2D eigenvalue weighted by Gasteiger charge is 2.33. The summed E-state index contributed by atoms with van der Waals surface area (Å²) in [5, 5.41) is 57.2. The van der Waals surface area contributed by atoms with E-state index in [9.17, 15) is 30.3 Å². The van der Waals surface area contributed by atoms with Gasteiger partial charge in [-0.15, -0.1) is 0 Å². The number of benzene rings is 1. The minimum Gasteiger partial charge on any atom is -0.504 e. The van der Waals surface area contributed by atoms with Gasteiger partial charge in [0, 0.05) is 0 Å². The fourth-order valence-electron chi connectivity index (χ4n) is 1.99. The highest BCUT2D eigenvalue weighted by atomic mass is 16.5. The lowest BCUT2D eigenvalue weighted by Crippen LogP contribution is -2.49. The molecular weight excluding hydrogens is 320 g/mol. The number of aromatic hydroxyl groups is 1. The zero-order valence-electron chi connectivity index (χ0n) is 13.1. The van der Waals surface area contributed by atoms with Crippen LogP contribution in [0.1, 0.15) is 12.0 Å². The van der Waals surface area contributed by atoms with Gasteiger partial charge in [-0.2, -0.15) is 0 Å². The molecule has 0 radical (unpaired) electrons. The van der Waals surface area contributed by atoms with Crippen molar-refractivity contribution in [3.05, 3.63) is 29.8 Å². The van der Waals surface area contributed by atoms with Crippen LogP contribution in [0.15, 0.2) is 24.3 Å². The molecule has 0 fully saturated rings. The molecule has 0 aliphatic carbocycles. The molecular formula is C16H22O8. The molecule has 5 atom stereocenters. The second-order valence-electron chi connectivity index (χ2n) is 5.24. The number of carbonyl (C=O) groups is 1. The van der Waals surface area contributed by atoms with E-state index in [0.29, 0.717) is 5.56 Å². The average molecular weight is 342 g/mol. The molecule has 0 saturated heterocycles. The molecule has 6 N–H and O–H groups in total. The number of hydrogen-bond donors (Lipinski definition) is 6. The summed E-state index contributed by atoms with van der Waals surface area (Å²) in [4.78, 5) is 10.3. The van der Waals surface area contributed by atoms with Crippen molar-refractivity contribution < 1.29 is 40.2 Å². The van der Waals surface area contributed by atoms with E-state index < -0.39 is 30.5 Å². The maximum absolute atomic E-state index is 10.3. The number of ether oxygens (including phenoxy) is 1. The number of rotatable bonds is 9. The van der Waals surface area contributed by atoms with Gasteiger partial charge in [-0.05, 0) is 24.1 Å². The van der Waals surface area contributed by atoms with Crippen LogP contribution in [0.3, 0.4) is 0 Å². The number of aliphatic hydroxyl groups excluding tert-OH is 5. The van der Waals surface area contributed by atoms with Gasteiger partial charge in [0.05, 0.1) is 13.2 Å². The van der Waals surface area contributed by atoms with Gasteiger partial charge in [0.1, 0.15) is 24.4 Å². The molecule has 0 saturated carbocycles. The minimum atomic E-state index is -1.91. The minimum absolute atomic E-state index is 0.0176. The Balaban J connectivity index is 2.64. The first kappa shape index (κ1) is 20.1. The molecule has 0 spiro atoms. The van der Waals surface area contributed by atoms with E-state index in [0.717, 1.165) is 0 Å². The van der Waals surface area contributed by atoms with Crippen LogP contribution in [0.4, 0.5) is 0 Å². The predicted molar refractivity (Wildman–Crippen MR) is 84.4 cm³/mol. The van der Waals surface area contributed by atoms with Crippen LogP contribution in [0.5, 0.6) is 11.5 Å². The smallest absolute Gasteiger partial charge is 0.161 e. The van der Waals surface area contributed by atoms with Crippen LogP contribution in [0.2, 0.25) is 0 Å². The molecule has 0 amide bonds. The van der Waals surface area contributed by atoms with E-state index in [2.05, 4.69) is 0 Å². The number of phenolic OH excluding ortho intramolecular Hbond substituents is 1. The Bertz CT molecular complexity index is 559. The van der Waals surface area contributed by atoms with Crippen molar-refractivity contribution in [1.82, 2.24) is 0 Å². The normalized spacial score (nSPS) is 17.9. The molecule has 0 aliphatic rings. The third kappa shape index (κ3) is 5.29. The molecule has 1 unspecified atom stereocenters. The Morgan fingerprint density at radius 2 is 1.75 bits per heavy atom. The van der Waals surface area contributed by atoms with E-state index in [4.69, 9.17) is 9.84 Å². The highest BCUT2D eigenvalue weighted by molar-refractivity contribution is 5.57. The summed E-state index contributed by atoms with van der Waals surface area (Å²) in [5.74, 6) is 0.259. The van der Waals surface area contributed by atoms with E-state index in [1.54, 1.807) is 18.2 Å². The number of carbonyl (C=O) groups excluding carboxylic acids is 1. The third-order valence-corrected chi connectivity index (χ3v) is 3.48. The first-order chi connectivity index (χ1) is 11.3. The van der Waals surface area contributed by atoms with Gasteiger partial charge in [0.25, 0.3) is 0 Å². The standard InChI is InChI=1S/C16H22O8/c1-24-13-7-9(5-6-10(13)18)3-2-4-11(19)14(21)16(23)15(22)12(20)8-17/h2-3,5-8,11-12,14-16,18-23H,4H2,1H3/b3-2+/t11?,12-,14+,15+,16+/m0/s1. The summed E-state index contributed by atoms with van der Waals surface area (Å²) in [7, 11) is 1.41. The largest absolute Gasteiger partial charge is 0.504 e. The molecule has 1 rings (SSSR count). The molecule has 0 aromatic heterocycles. The lowest BCUT2D eigenvalue weighted by molar-refractivity contribution is -0.144. The highest BCUT2D eigenvalue weighted by Crippen LogP contribution is 2.26. The number of aldehydes is 1. The van der Waals surface area contributed by atoms with Crippen molar-refractivity contribution in [2.24, 2.45) is 0 Å². The zero-order valence-corrected chi connectivity index (χ0v) is 13.1. The van der Waals surface area contributed by atoms with E-state index >= 15 is 0 Å². The number of aliphatic hydroxyl groups is 5. The van der Waals surface area contributed by atoms with Gasteiger partial charge < -0.3 is 40.2 Å². The summed E-state index contributed by atoms with van der Waals surface area (Å²) < 4.78 is 4.96. The third-order valence-electron chi connectivity index (χ3n) is 3.48. The van der Waals surface area contributed by atoms with Crippen molar-refractivity contribution >= 4 is 12.4 Å². The lowest BCUT2D eigenvalue weighted by atomic mass is 9.98. The Kier molecular flexibility index (Phi) is 7.83. The Hall–Kier alpha value is -1.97. The maximum atomic E-state index is 10.3. The second-order valence-corrected chi connectivity index (χ2v) is 5.24. The molecule has 1 aromatic rings. The molecule has 24 heavy (non-hydrogen) atoms. The number of methoxy groups -OCH3 is 1. The van der Waals surface area contributed by atoms with E-state index in [1.165, 1.54) is 19.3 Å². The second kappa shape index (κ2) is 9.36. The molecule has 8 nitrogen and oxygen atoms in total. The van der Waals surface area contributed by atoms with Crippen LogP contribution < -0.4 is 4.74 Å². The summed E-state index contributed by atoms with van der Waals surface area (Å²) in [5.41, 5.74) is 0.670. The SMILES string of the molecule is COc1cc(/C=C/CC(O)[C@@H](O)[C@@H](O)[C@H](O)[C@@H](O)C=O)ccc1O. The summed E-state index contributed by atoms with van der Waals surface area (Å²) in [6.45, 7) is 0. The maximum Gasteiger partial charge on any atom is 0.161 e. The Labute approximate surface area is 138 Å². The summed E-state index contributed by atoms with van der Waals surface area (Å²) >= 11 is 0. The molecule has 8 heteroatoms. The van der Waals surface area contributed by atoms with Crippen molar-refractivity contribution in [1.29, 1.82) is 0 Å². The van der Waals surface area contributed by atoms with Gasteiger partial charge in [-0.1, -0.05) is 18.2 Å². The molecule has 0 aliphatic heterocycles. The zero-order chi connectivity index (χ0) is 18.3. The van der Waals surface area contributed by atoms with Crippen LogP contribution in [0.25, 0.3) is 6.08 Å². The average Bonchev–Trinajstić information content (AvgIpc) is 2.60. The lowest BCUT2D eigenvalue weighted by Gasteiger charge is -2.26. The van der Waals surface area contributed by atoms with Gasteiger partial charge in [-0.3, -0.25) is 0 Å². The van der Waals surface area contributed by atoms with Gasteiger partial charge >= 0.3 is 0 Å². The van der Waals surface area contributed by atoms with Crippen molar-refractivity contribution in [3.63, 3.8) is 0 Å². The first-order valence-electron chi connectivity index (χ1n) is 7.21. The van der Waals surface area contributed by atoms with E-state index in [1.807, 2.05) is 0 Å². The summed E-state index contributed by atoms with van der Waals surface area (Å²) in [6, 6.07) is 4.61. The molecule has 0 bridgehead atoms.